The first-order valence-electron chi connectivity index (χ1n) is 12.0. The quantitative estimate of drug-likeness (QED) is 0.269. The SMILES string of the molecule is O=c1c2ncn(-c3cccc(CNS(=O)O)c3)c2nc(-c2ccc(-c3cnccn3)cc2)n1-c1ccc(Cl)cc1. The molecule has 198 valence electrons. The molecular formula is C28H20ClN7O3S. The third kappa shape index (κ3) is 5.06. The number of nitrogens with zero attached hydrogens (tertiary/aromatic N) is 6. The van der Waals surface area contributed by atoms with Gasteiger partial charge in [0.15, 0.2) is 11.2 Å². The second-order valence-corrected chi connectivity index (χ2v) is 9.97. The molecule has 0 amide bonds. The zero-order valence-electron chi connectivity index (χ0n) is 20.7. The first-order valence-corrected chi connectivity index (χ1v) is 13.5. The Morgan fingerprint density at radius 3 is 2.42 bits per heavy atom. The van der Waals surface area contributed by atoms with Crippen LogP contribution in [0.2, 0.25) is 5.02 Å². The third-order valence-corrected chi connectivity index (χ3v) is 6.89. The Morgan fingerprint density at radius 1 is 0.925 bits per heavy atom. The number of aromatic nitrogens is 6. The fourth-order valence-electron chi connectivity index (χ4n) is 4.36. The van der Waals surface area contributed by atoms with Crippen molar-refractivity contribution in [2.24, 2.45) is 0 Å². The van der Waals surface area contributed by atoms with E-state index < -0.39 is 11.3 Å². The Morgan fingerprint density at radius 2 is 1.70 bits per heavy atom. The van der Waals surface area contributed by atoms with Crippen molar-refractivity contribution >= 4 is 34.0 Å². The van der Waals surface area contributed by atoms with Crippen LogP contribution >= 0.6 is 11.6 Å². The minimum atomic E-state index is -2.14. The van der Waals surface area contributed by atoms with Gasteiger partial charge in [-0.2, -0.15) is 0 Å². The van der Waals surface area contributed by atoms with Crippen LogP contribution in [-0.2, 0) is 17.8 Å². The summed E-state index contributed by atoms with van der Waals surface area (Å²) in [5.74, 6) is 0.417. The van der Waals surface area contributed by atoms with Gasteiger partial charge in [-0.25, -0.2) is 18.9 Å². The number of fused-ring (bicyclic) bond motifs is 1. The molecule has 0 aliphatic carbocycles. The first-order chi connectivity index (χ1) is 19.5. The average Bonchev–Trinajstić information content (AvgIpc) is 3.42. The van der Waals surface area contributed by atoms with Gasteiger partial charge in [0.1, 0.15) is 12.2 Å². The molecule has 0 bridgehead atoms. The molecule has 6 aromatic rings. The normalized spacial score (nSPS) is 12.1. The van der Waals surface area contributed by atoms with Crippen molar-refractivity contribution in [2.75, 3.05) is 0 Å². The largest absolute Gasteiger partial charge is 0.294 e. The lowest BCUT2D eigenvalue weighted by atomic mass is 10.1. The van der Waals surface area contributed by atoms with Crippen LogP contribution in [0.4, 0.5) is 0 Å². The summed E-state index contributed by atoms with van der Waals surface area (Å²) in [4.78, 5) is 31.8. The summed E-state index contributed by atoms with van der Waals surface area (Å²) in [6, 6.07) is 21.8. The van der Waals surface area contributed by atoms with E-state index in [1.165, 1.54) is 4.57 Å². The molecular weight excluding hydrogens is 550 g/mol. The van der Waals surface area contributed by atoms with Crippen LogP contribution in [0.5, 0.6) is 0 Å². The van der Waals surface area contributed by atoms with Gasteiger partial charge in [0.25, 0.3) is 5.56 Å². The number of nitrogens with one attached hydrogen (secondary N) is 1. The summed E-state index contributed by atoms with van der Waals surface area (Å²) in [7, 11) is 0. The van der Waals surface area contributed by atoms with Crippen LogP contribution in [0.25, 0.3) is 45.2 Å². The van der Waals surface area contributed by atoms with Crippen molar-refractivity contribution in [3.8, 4) is 34.0 Å². The van der Waals surface area contributed by atoms with E-state index in [9.17, 15) is 9.00 Å². The van der Waals surface area contributed by atoms with Crippen LogP contribution < -0.4 is 10.3 Å². The van der Waals surface area contributed by atoms with E-state index in [4.69, 9.17) is 21.1 Å². The molecule has 0 spiro atoms. The lowest BCUT2D eigenvalue weighted by Gasteiger charge is -2.14. The molecule has 0 radical (unpaired) electrons. The van der Waals surface area contributed by atoms with Crippen molar-refractivity contribution < 1.29 is 8.76 Å². The molecule has 12 heteroatoms. The Balaban J connectivity index is 1.53. The summed E-state index contributed by atoms with van der Waals surface area (Å²) in [5, 5.41) is 0.546. The van der Waals surface area contributed by atoms with E-state index in [-0.39, 0.29) is 17.6 Å². The van der Waals surface area contributed by atoms with E-state index in [0.717, 1.165) is 16.8 Å². The van der Waals surface area contributed by atoms with E-state index in [2.05, 4.69) is 19.7 Å². The van der Waals surface area contributed by atoms with E-state index in [0.29, 0.717) is 33.4 Å². The highest BCUT2D eigenvalue weighted by molar-refractivity contribution is 7.77. The highest BCUT2D eigenvalue weighted by Gasteiger charge is 2.19. The fourth-order valence-corrected chi connectivity index (χ4v) is 4.78. The molecule has 2 N–H and O–H groups in total. The van der Waals surface area contributed by atoms with E-state index in [1.54, 1.807) is 53.8 Å². The third-order valence-electron chi connectivity index (χ3n) is 6.25. The summed E-state index contributed by atoms with van der Waals surface area (Å²) in [5.41, 5.74) is 4.60. The minimum absolute atomic E-state index is 0.184. The molecule has 0 saturated heterocycles. The highest BCUT2D eigenvalue weighted by Crippen LogP contribution is 2.26. The molecule has 0 saturated carbocycles. The topological polar surface area (TPSA) is 128 Å². The molecule has 1 atom stereocenters. The predicted molar refractivity (Wildman–Crippen MR) is 154 cm³/mol. The Bertz CT molecular complexity index is 1910. The number of halogens is 1. The lowest BCUT2D eigenvalue weighted by molar-refractivity contribution is 0.548. The summed E-state index contributed by atoms with van der Waals surface area (Å²) < 4.78 is 25.9. The van der Waals surface area contributed by atoms with Crippen molar-refractivity contribution in [1.82, 2.24) is 33.8 Å². The van der Waals surface area contributed by atoms with Crippen LogP contribution in [0.15, 0.2) is 103 Å². The maximum Gasteiger partial charge on any atom is 0.286 e. The van der Waals surface area contributed by atoms with Gasteiger partial charge in [0.05, 0.1) is 17.6 Å². The van der Waals surface area contributed by atoms with E-state index >= 15 is 0 Å². The second-order valence-electron chi connectivity index (χ2n) is 8.75. The predicted octanol–water partition coefficient (Wildman–Crippen LogP) is 4.58. The molecule has 3 heterocycles. The molecule has 6 rings (SSSR count). The molecule has 0 aliphatic rings. The summed E-state index contributed by atoms with van der Waals surface area (Å²) in [6.45, 7) is 0.184. The van der Waals surface area contributed by atoms with Gasteiger partial charge >= 0.3 is 0 Å². The van der Waals surface area contributed by atoms with Crippen LogP contribution in [-0.4, -0.2) is 37.8 Å². The molecule has 3 aromatic carbocycles. The smallest absolute Gasteiger partial charge is 0.286 e. The van der Waals surface area contributed by atoms with Crippen molar-refractivity contribution in [3.05, 3.63) is 119 Å². The monoisotopic (exact) mass is 569 g/mol. The standard InChI is InChI=1S/C28H20ClN7O3S/c29-21-8-10-22(11-9-21)36-26(20-6-4-19(5-7-20)24-16-30-12-13-31-24)34-27-25(28(36)37)32-17-35(27)23-3-1-2-18(14-23)15-33-40(38)39/h1-14,16-17,33H,15H2,(H,38,39). The zero-order valence-corrected chi connectivity index (χ0v) is 22.3. The Labute approximate surface area is 235 Å². The summed E-state index contributed by atoms with van der Waals surface area (Å²) in [6.07, 6.45) is 6.48. The van der Waals surface area contributed by atoms with Crippen molar-refractivity contribution in [2.45, 2.75) is 6.54 Å². The first kappa shape index (κ1) is 25.7. The number of rotatable bonds is 7. The molecule has 10 nitrogen and oxygen atoms in total. The Hall–Kier alpha value is -4.55. The minimum Gasteiger partial charge on any atom is -0.294 e. The number of hydrogen-bond donors (Lipinski definition) is 2. The van der Waals surface area contributed by atoms with E-state index in [1.807, 2.05) is 48.5 Å². The number of benzene rings is 3. The zero-order chi connectivity index (χ0) is 27.6. The van der Waals surface area contributed by atoms with Crippen molar-refractivity contribution in [1.29, 1.82) is 0 Å². The van der Waals surface area contributed by atoms with Gasteiger partial charge in [0.2, 0.25) is 11.3 Å². The molecule has 3 aromatic heterocycles. The maximum absolute atomic E-state index is 13.9. The average molecular weight is 570 g/mol. The van der Waals surface area contributed by atoms with Crippen molar-refractivity contribution in [3.63, 3.8) is 0 Å². The van der Waals surface area contributed by atoms with Crippen LogP contribution in [0.3, 0.4) is 0 Å². The molecule has 40 heavy (non-hydrogen) atoms. The second kappa shape index (κ2) is 10.9. The van der Waals surface area contributed by atoms with Gasteiger partial charge in [-0.05, 0) is 42.0 Å². The molecule has 1 unspecified atom stereocenters. The van der Waals surface area contributed by atoms with Gasteiger partial charge in [0, 0.05) is 40.8 Å². The molecule has 0 aliphatic heterocycles. The van der Waals surface area contributed by atoms with Crippen LogP contribution in [0.1, 0.15) is 5.56 Å². The fraction of sp³-hybridized carbons (Fsp3) is 0.0357. The van der Waals surface area contributed by atoms with Crippen LogP contribution in [0, 0.1) is 0 Å². The maximum atomic E-state index is 13.9. The van der Waals surface area contributed by atoms with Gasteiger partial charge in [-0.3, -0.25) is 28.4 Å². The van der Waals surface area contributed by atoms with Gasteiger partial charge < -0.3 is 0 Å². The summed E-state index contributed by atoms with van der Waals surface area (Å²) >= 11 is 3.99. The number of hydrogen-bond acceptors (Lipinski definition) is 6. The highest BCUT2D eigenvalue weighted by atomic mass is 35.5. The number of imidazole rings is 1. The van der Waals surface area contributed by atoms with Gasteiger partial charge in [-0.1, -0.05) is 48.0 Å². The Kier molecular flexibility index (Phi) is 7.01. The van der Waals surface area contributed by atoms with Gasteiger partial charge in [-0.15, -0.1) is 0 Å². The molecule has 0 fully saturated rings. The lowest BCUT2D eigenvalue weighted by Crippen LogP contribution is -2.22.